The minimum absolute atomic E-state index is 0.189. The number of amides is 1. The van der Waals surface area contributed by atoms with E-state index in [2.05, 4.69) is 31.2 Å². The summed E-state index contributed by atoms with van der Waals surface area (Å²) in [5, 5.41) is 2.86. The highest BCUT2D eigenvalue weighted by Crippen LogP contribution is 2.20. The highest BCUT2D eigenvalue weighted by Gasteiger charge is 2.08. The zero-order valence-electron chi connectivity index (χ0n) is 11.8. The number of nitrogens with one attached hydrogen (secondary N) is 1. The van der Waals surface area contributed by atoms with Crippen LogP contribution in [0.3, 0.4) is 0 Å². The lowest BCUT2D eigenvalue weighted by Crippen LogP contribution is -2.12. The van der Waals surface area contributed by atoms with Gasteiger partial charge in [0.05, 0.1) is 5.56 Å². The molecule has 0 bridgehead atoms. The van der Waals surface area contributed by atoms with E-state index in [1.165, 1.54) is 0 Å². The number of hydrogen-bond donors (Lipinski definition) is 1. The Morgan fingerprint density at radius 2 is 2.14 bits per heavy atom. The molecule has 3 rings (SSSR count). The molecule has 2 heterocycles. The smallest absolute Gasteiger partial charge is 0.257 e. The number of anilines is 1. The standard InChI is InChI=1S/C16H13BrN4O/c1-11-8-13(3-4-14(11)17)20-16(22)12-2-5-15(19-9-12)21-7-6-18-10-21/h2-10H,1H3,(H,20,22). The predicted molar refractivity (Wildman–Crippen MR) is 88.2 cm³/mol. The molecule has 0 fully saturated rings. The molecule has 1 amide bonds. The molecule has 2 aromatic heterocycles. The van der Waals surface area contributed by atoms with Gasteiger partial charge in [0.2, 0.25) is 0 Å². The molecule has 0 unspecified atom stereocenters. The molecular formula is C16H13BrN4O. The van der Waals surface area contributed by atoms with E-state index in [-0.39, 0.29) is 5.91 Å². The summed E-state index contributed by atoms with van der Waals surface area (Å²) in [4.78, 5) is 20.5. The molecule has 1 N–H and O–H groups in total. The third-order valence-electron chi connectivity index (χ3n) is 3.19. The Morgan fingerprint density at radius 1 is 1.27 bits per heavy atom. The highest BCUT2D eigenvalue weighted by molar-refractivity contribution is 9.10. The van der Waals surface area contributed by atoms with E-state index >= 15 is 0 Å². The number of benzene rings is 1. The molecule has 6 heteroatoms. The molecule has 0 atom stereocenters. The van der Waals surface area contributed by atoms with Gasteiger partial charge < -0.3 is 5.32 Å². The van der Waals surface area contributed by atoms with Crippen LogP contribution < -0.4 is 5.32 Å². The molecule has 22 heavy (non-hydrogen) atoms. The first-order valence-corrected chi connectivity index (χ1v) is 7.45. The van der Waals surface area contributed by atoms with Gasteiger partial charge in [-0.05, 0) is 42.8 Å². The molecule has 0 spiro atoms. The summed E-state index contributed by atoms with van der Waals surface area (Å²) in [5.41, 5.74) is 2.32. The topological polar surface area (TPSA) is 59.8 Å². The van der Waals surface area contributed by atoms with Crippen molar-refractivity contribution in [3.63, 3.8) is 0 Å². The number of halogens is 1. The maximum atomic E-state index is 12.2. The molecule has 0 saturated carbocycles. The fraction of sp³-hybridized carbons (Fsp3) is 0.0625. The van der Waals surface area contributed by atoms with Gasteiger partial charge in [-0.3, -0.25) is 9.36 Å². The lowest BCUT2D eigenvalue weighted by atomic mass is 10.2. The van der Waals surface area contributed by atoms with E-state index in [9.17, 15) is 4.79 Å². The van der Waals surface area contributed by atoms with Crippen molar-refractivity contribution in [2.75, 3.05) is 5.32 Å². The summed E-state index contributed by atoms with van der Waals surface area (Å²) < 4.78 is 2.79. The molecular weight excluding hydrogens is 344 g/mol. The van der Waals surface area contributed by atoms with Crippen LogP contribution in [-0.4, -0.2) is 20.4 Å². The molecule has 110 valence electrons. The maximum absolute atomic E-state index is 12.2. The van der Waals surface area contributed by atoms with Gasteiger partial charge in [-0.2, -0.15) is 0 Å². The second kappa shape index (κ2) is 6.11. The van der Waals surface area contributed by atoms with Gasteiger partial charge in [0.15, 0.2) is 0 Å². The Kier molecular flexibility index (Phi) is 4.02. The molecule has 3 aromatic rings. The van der Waals surface area contributed by atoms with Crippen molar-refractivity contribution in [1.82, 2.24) is 14.5 Å². The molecule has 0 aliphatic carbocycles. The van der Waals surface area contributed by atoms with E-state index < -0.39 is 0 Å². The molecule has 0 saturated heterocycles. The molecule has 1 aromatic carbocycles. The Morgan fingerprint density at radius 3 is 2.77 bits per heavy atom. The fourth-order valence-electron chi connectivity index (χ4n) is 1.99. The van der Waals surface area contributed by atoms with E-state index in [4.69, 9.17) is 0 Å². The number of carbonyl (C=O) groups is 1. The van der Waals surface area contributed by atoms with Gasteiger partial charge in [-0.15, -0.1) is 0 Å². The monoisotopic (exact) mass is 356 g/mol. The van der Waals surface area contributed by atoms with Crippen LogP contribution in [0, 0.1) is 6.92 Å². The second-order valence-corrected chi connectivity index (χ2v) is 5.65. The number of rotatable bonds is 3. The van der Waals surface area contributed by atoms with Crippen molar-refractivity contribution in [2.24, 2.45) is 0 Å². The number of hydrogen-bond acceptors (Lipinski definition) is 3. The lowest BCUT2D eigenvalue weighted by molar-refractivity contribution is 0.102. The van der Waals surface area contributed by atoms with E-state index in [0.29, 0.717) is 11.4 Å². The largest absolute Gasteiger partial charge is 0.322 e. The minimum atomic E-state index is -0.189. The number of aromatic nitrogens is 3. The normalized spacial score (nSPS) is 10.5. The van der Waals surface area contributed by atoms with Crippen molar-refractivity contribution in [3.05, 3.63) is 70.8 Å². The van der Waals surface area contributed by atoms with Gasteiger partial charge in [-0.1, -0.05) is 15.9 Å². The van der Waals surface area contributed by atoms with Crippen LogP contribution in [0.15, 0.2) is 59.7 Å². The summed E-state index contributed by atoms with van der Waals surface area (Å²) in [6.45, 7) is 1.97. The van der Waals surface area contributed by atoms with Crippen molar-refractivity contribution in [3.8, 4) is 5.82 Å². The number of nitrogens with zero attached hydrogens (tertiary/aromatic N) is 3. The van der Waals surface area contributed by atoms with Crippen LogP contribution in [0.2, 0.25) is 0 Å². The van der Waals surface area contributed by atoms with Crippen LogP contribution in [0.1, 0.15) is 15.9 Å². The van der Waals surface area contributed by atoms with Crippen molar-refractivity contribution in [1.29, 1.82) is 0 Å². The van der Waals surface area contributed by atoms with Crippen LogP contribution in [0.4, 0.5) is 5.69 Å². The summed E-state index contributed by atoms with van der Waals surface area (Å²) in [6.07, 6.45) is 6.69. The fourth-order valence-corrected chi connectivity index (χ4v) is 2.24. The Hall–Kier alpha value is -2.47. The summed E-state index contributed by atoms with van der Waals surface area (Å²) in [7, 11) is 0. The van der Waals surface area contributed by atoms with Crippen LogP contribution in [0.5, 0.6) is 0 Å². The Balaban J connectivity index is 1.76. The summed E-state index contributed by atoms with van der Waals surface area (Å²) in [6, 6.07) is 9.19. The number of pyridine rings is 1. The first kappa shape index (κ1) is 14.5. The van der Waals surface area contributed by atoms with Crippen LogP contribution >= 0.6 is 15.9 Å². The van der Waals surface area contributed by atoms with E-state index in [1.807, 2.05) is 25.1 Å². The zero-order valence-corrected chi connectivity index (χ0v) is 13.4. The zero-order chi connectivity index (χ0) is 15.5. The second-order valence-electron chi connectivity index (χ2n) is 4.79. The average molecular weight is 357 g/mol. The maximum Gasteiger partial charge on any atom is 0.257 e. The van der Waals surface area contributed by atoms with Crippen molar-refractivity contribution < 1.29 is 4.79 Å². The van der Waals surface area contributed by atoms with Gasteiger partial charge >= 0.3 is 0 Å². The SMILES string of the molecule is Cc1cc(NC(=O)c2ccc(-n3ccnc3)nc2)ccc1Br. The number of imidazole rings is 1. The van der Waals surface area contributed by atoms with Gasteiger partial charge in [0, 0.05) is 28.8 Å². The summed E-state index contributed by atoms with van der Waals surface area (Å²) >= 11 is 3.44. The van der Waals surface area contributed by atoms with Crippen LogP contribution in [0.25, 0.3) is 5.82 Å². The third-order valence-corrected chi connectivity index (χ3v) is 4.08. The first-order valence-electron chi connectivity index (χ1n) is 6.65. The van der Waals surface area contributed by atoms with Gasteiger partial charge in [0.25, 0.3) is 5.91 Å². The third kappa shape index (κ3) is 3.07. The number of carbonyl (C=O) groups excluding carboxylic acids is 1. The highest BCUT2D eigenvalue weighted by atomic mass is 79.9. The molecule has 0 radical (unpaired) electrons. The van der Waals surface area contributed by atoms with Gasteiger partial charge in [0.1, 0.15) is 12.1 Å². The first-order chi connectivity index (χ1) is 10.6. The minimum Gasteiger partial charge on any atom is -0.322 e. The average Bonchev–Trinajstić information content (AvgIpc) is 3.05. The quantitative estimate of drug-likeness (QED) is 0.779. The lowest BCUT2D eigenvalue weighted by Gasteiger charge is -2.07. The predicted octanol–water partition coefficient (Wildman–Crippen LogP) is 3.59. The molecule has 0 aliphatic heterocycles. The Bertz CT molecular complexity index is 798. The number of aryl methyl sites for hydroxylation is 1. The van der Waals surface area contributed by atoms with E-state index in [0.717, 1.165) is 15.7 Å². The van der Waals surface area contributed by atoms with Gasteiger partial charge in [-0.25, -0.2) is 9.97 Å². The van der Waals surface area contributed by atoms with E-state index in [1.54, 1.807) is 41.6 Å². The Labute approximate surface area is 136 Å². The van der Waals surface area contributed by atoms with Crippen molar-refractivity contribution in [2.45, 2.75) is 6.92 Å². The van der Waals surface area contributed by atoms with Crippen LogP contribution in [-0.2, 0) is 0 Å². The van der Waals surface area contributed by atoms with Crippen molar-refractivity contribution >= 4 is 27.5 Å². The summed E-state index contributed by atoms with van der Waals surface area (Å²) in [5.74, 6) is 0.528. The molecule has 0 aliphatic rings. The molecule has 5 nitrogen and oxygen atoms in total.